The second kappa shape index (κ2) is 34.8. The molecule has 0 spiro atoms. The monoisotopic (exact) mass is 1730 g/mol. The lowest BCUT2D eigenvalue weighted by atomic mass is 10.0. The zero-order chi connectivity index (χ0) is 86.2. The van der Waals surface area contributed by atoms with E-state index < -0.39 is 0 Å². The Hall–Kier alpha value is -15.9. The second-order valence-electron chi connectivity index (χ2n) is 32.4. The topological polar surface area (TPSA) is 19.4 Å². The Morgan fingerprint density at radius 2 is 0.254 bits per heavy atom. The lowest BCUT2D eigenvalue weighted by Gasteiger charge is -2.26. The fraction of sp³-hybridized carbons (Fsp3) is 0. The van der Waals surface area contributed by atoms with Crippen LogP contribution in [-0.4, -0.2) is 0 Å². The summed E-state index contributed by atoms with van der Waals surface area (Å²) in [7, 11) is 0. The van der Waals surface area contributed by atoms with Crippen LogP contribution in [0.1, 0.15) is 0 Å². The van der Waals surface area contributed by atoms with Crippen molar-refractivity contribution in [1.82, 2.24) is 0 Å². The van der Waals surface area contributed by atoms with E-state index in [0.29, 0.717) is 0 Å². The maximum Gasteiger partial charge on any atom is 0.0476 e. The van der Waals surface area contributed by atoms with Gasteiger partial charge in [-0.3, -0.25) is 0 Å². The van der Waals surface area contributed by atoms with Crippen molar-refractivity contribution in [3.05, 3.63) is 497 Å². The first-order valence-electron chi connectivity index (χ1n) is 43.8. The number of rotatable bonds is 20. The third-order valence-corrected chi connectivity index (χ3v) is 29.0. The molecule has 24 rings (SSSR count). The third-order valence-electron chi connectivity index (χ3n) is 24.4. The molecule has 4 heterocycles. The van der Waals surface area contributed by atoms with Crippen molar-refractivity contribution in [2.45, 2.75) is 0 Å². The van der Waals surface area contributed by atoms with Crippen LogP contribution in [0.5, 0.6) is 0 Å². The molecule has 0 unspecified atom stereocenters. The van der Waals surface area contributed by atoms with Crippen molar-refractivity contribution in [3.8, 4) is 22.3 Å². The number of anilines is 18. The van der Waals surface area contributed by atoms with Crippen LogP contribution in [0.15, 0.2) is 497 Å². The summed E-state index contributed by atoms with van der Waals surface area (Å²) in [6, 6.07) is 180. The van der Waals surface area contributed by atoms with Gasteiger partial charge in [0.15, 0.2) is 0 Å². The summed E-state index contributed by atoms with van der Waals surface area (Å²) in [6.07, 6.45) is 0. The first-order chi connectivity index (χ1) is 64.4. The second-order valence-corrected chi connectivity index (χ2v) is 36.7. The van der Waals surface area contributed by atoms with E-state index >= 15 is 0 Å². The SMILES string of the molecule is c1ccc(N(c2ccccc2)c2ccc(-c3ccc4sc5cc(N(c6ccccc6)c6ccc7c(c6)sc6ccc(N(c8ccccc8)c8ccccc8)cc67)ccc5c4c3)cc2)cc1.c1ccc(N(c2ccccc2)c2ccc(-c3ccc4sc5ccc(N(c6ccccc6)c6ccc7sc8ccc(N(c9ccccc9)c9ccccc9)cc8c7c6)cc5c4c3)cc2)cc1. The van der Waals surface area contributed by atoms with Crippen molar-refractivity contribution in [1.29, 1.82) is 0 Å². The normalized spacial score (nSPS) is 11.4. The van der Waals surface area contributed by atoms with Gasteiger partial charge in [-0.25, -0.2) is 0 Å². The average molecular weight is 1740 g/mol. The first kappa shape index (κ1) is 78.8. The summed E-state index contributed by atoms with van der Waals surface area (Å²) in [5.41, 5.74) is 25.1. The van der Waals surface area contributed by atoms with Crippen LogP contribution in [0.4, 0.5) is 102 Å². The first-order valence-corrected chi connectivity index (χ1v) is 47.1. The smallest absolute Gasteiger partial charge is 0.0476 e. The highest BCUT2D eigenvalue weighted by molar-refractivity contribution is 7.27. The molecule has 0 aliphatic carbocycles. The minimum Gasteiger partial charge on any atom is -0.311 e. The average Bonchev–Trinajstić information content (AvgIpc) is 1.73. The fourth-order valence-electron chi connectivity index (χ4n) is 18.3. The third kappa shape index (κ3) is 15.4. The van der Waals surface area contributed by atoms with Gasteiger partial charge < -0.3 is 29.4 Å². The highest BCUT2D eigenvalue weighted by Gasteiger charge is 2.24. The van der Waals surface area contributed by atoms with Crippen molar-refractivity contribution < 1.29 is 0 Å². The Morgan fingerprint density at radius 1 is 0.100 bits per heavy atom. The molecule has 0 fully saturated rings. The van der Waals surface area contributed by atoms with Gasteiger partial charge in [-0.1, -0.05) is 231 Å². The van der Waals surface area contributed by atoms with E-state index in [2.05, 4.69) is 527 Å². The molecule has 0 saturated heterocycles. The molecule has 4 aromatic heterocycles. The molecule has 24 aromatic rings. The highest BCUT2D eigenvalue weighted by atomic mass is 32.1. The molecule has 616 valence electrons. The van der Waals surface area contributed by atoms with E-state index in [4.69, 9.17) is 0 Å². The molecule has 0 atom stereocenters. The Kier molecular flexibility index (Phi) is 21.1. The van der Waals surface area contributed by atoms with Gasteiger partial charge in [-0.2, -0.15) is 0 Å². The summed E-state index contributed by atoms with van der Waals surface area (Å²) in [5.74, 6) is 0. The molecule has 0 radical (unpaired) electrons. The minimum absolute atomic E-state index is 1.12. The van der Waals surface area contributed by atoms with Crippen LogP contribution < -0.4 is 29.4 Å². The highest BCUT2D eigenvalue weighted by Crippen LogP contribution is 2.51. The van der Waals surface area contributed by atoms with E-state index in [1.165, 1.54) is 103 Å². The largest absolute Gasteiger partial charge is 0.311 e. The number of para-hydroxylation sites is 10. The number of fused-ring (bicyclic) bond motifs is 12. The Morgan fingerprint density at radius 3 is 0.500 bits per heavy atom. The summed E-state index contributed by atoms with van der Waals surface area (Å²) in [5, 5.41) is 10.1. The molecule has 20 aromatic carbocycles. The van der Waals surface area contributed by atoms with Crippen LogP contribution in [0.2, 0.25) is 0 Å². The van der Waals surface area contributed by atoms with Crippen molar-refractivity contribution >= 4 is 228 Å². The lowest BCUT2D eigenvalue weighted by Crippen LogP contribution is -2.09. The molecule has 0 saturated carbocycles. The van der Waals surface area contributed by atoms with Crippen LogP contribution in [0.3, 0.4) is 0 Å². The van der Waals surface area contributed by atoms with Crippen LogP contribution in [0, 0.1) is 0 Å². The quantitative estimate of drug-likeness (QED) is 0.0752. The molecule has 10 heteroatoms. The molecule has 130 heavy (non-hydrogen) atoms. The van der Waals surface area contributed by atoms with Gasteiger partial charge in [-0.05, 0) is 289 Å². The molecular formula is C120H82N6S4. The Bertz CT molecular complexity index is 7990. The molecule has 0 N–H and O–H groups in total. The number of nitrogens with zero attached hydrogens (tertiary/aromatic N) is 6. The van der Waals surface area contributed by atoms with E-state index in [1.54, 1.807) is 0 Å². The van der Waals surface area contributed by atoms with Crippen molar-refractivity contribution in [2.24, 2.45) is 0 Å². The molecule has 0 bridgehead atoms. The number of thiophene rings is 4. The Labute approximate surface area is 771 Å². The molecule has 0 amide bonds. The minimum atomic E-state index is 1.12. The van der Waals surface area contributed by atoms with E-state index in [-0.39, 0.29) is 0 Å². The lowest BCUT2D eigenvalue weighted by molar-refractivity contribution is 1.28. The zero-order valence-electron chi connectivity index (χ0n) is 70.7. The standard InChI is InChI=1S/2C60H41N3S2/c1-6-16-44(17-7-1)61(45-18-8-2-9-19-45)49-29-26-42(27-30-49)43-28-36-57-55(38-43)53-34-31-51(40-59(53)64-57)63(48-24-14-5-15-25-48)52-32-35-54-56-39-50(33-37-58(56)65-60(54)41-52)62(46-20-10-3-11-21-46)47-22-12-4-13-23-47;1-6-16-44(17-7-1)61(45-18-8-2-9-19-45)49-29-26-42(27-30-49)43-28-34-57-53(38-43)54-40-51(32-36-58(54)64-57)63(48-24-14-5-15-25-48)52-33-37-60-56(41-52)55-39-50(31-35-59(55)65-60)62(46-20-10-3-11-21-46)47-22-12-4-13-23-47/h2*1-41H. The summed E-state index contributed by atoms with van der Waals surface area (Å²) in [6.45, 7) is 0. The van der Waals surface area contributed by atoms with E-state index in [1.807, 2.05) is 45.3 Å². The van der Waals surface area contributed by atoms with Gasteiger partial charge in [0.1, 0.15) is 0 Å². The Balaban J connectivity index is 0.000000148. The maximum absolute atomic E-state index is 2.41. The van der Waals surface area contributed by atoms with E-state index in [9.17, 15) is 0 Å². The van der Waals surface area contributed by atoms with Crippen molar-refractivity contribution in [2.75, 3.05) is 29.4 Å². The molecule has 0 aliphatic rings. The summed E-state index contributed by atoms with van der Waals surface area (Å²) < 4.78 is 10.2. The maximum atomic E-state index is 2.41. The van der Waals surface area contributed by atoms with Crippen LogP contribution >= 0.6 is 45.3 Å². The van der Waals surface area contributed by atoms with Gasteiger partial charge in [0.25, 0.3) is 0 Å². The van der Waals surface area contributed by atoms with Gasteiger partial charge in [0.05, 0.1) is 0 Å². The molecule has 6 nitrogen and oxygen atoms in total. The number of benzene rings is 20. The zero-order valence-corrected chi connectivity index (χ0v) is 73.9. The predicted molar refractivity (Wildman–Crippen MR) is 563 cm³/mol. The van der Waals surface area contributed by atoms with Crippen LogP contribution in [-0.2, 0) is 0 Å². The predicted octanol–water partition coefficient (Wildman–Crippen LogP) is 37.0. The molecular weight excluding hydrogens is 1650 g/mol. The van der Waals surface area contributed by atoms with Gasteiger partial charge in [0.2, 0.25) is 0 Å². The van der Waals surface area contributed by atoms with Gasteiger partial charge in [0, 0.05) is 183 Å². The van der Waals surface area contributed by atoms with Gasteiger partial charge in [-0.15, -0.1) is 45.3 Å². The van der Waals surface area contributed by atoms with Crippen molar-refractivity contribution in [3.63, 3.8) is 0 Å². The van der Waals surface area contributed by atoms with E-state index in [0.717, 1.165) is 102 Å². The van der Waals surface area contributed by atoms with Crippen LogP contribution in [0.25, 0.3) is 103 Å². The number of hydrogen-bond donors (Lipinski definition) is 0. The molecule has 0 aliphatic heterocycles. The van der Waals surface area contributed by atoms with Gasteiger partial charge >= 0.3 is 0 Å². The number of hydrogen-bond acceptors (Lipinski definition) is 10. The summed E-state index contributed by atoms with van der Waals surface area (Å²) in [4.78, 5) is 14.1. The fourth-order valence-corrected chi connectivity index (χ4v) is 22.7. The summed E-state index contributed by atoms with van der Waals surface area (Å²) >= 11 is 7.42.